The molecule has 4 rings (SSSR count). The first-order valence-corrected chi connectivity index (χ1v) is 9.73. The van der Waals surface area contributed by atoms with E-state index >= 15 is 0 Å². The van der Waals surface area contributed by atoms with Gasteiger partial charge in [0.1, 0.15) is 5.52 Å². The molecule has 0 saturated heterocycles. The molecule has 0 bridgehead atoms. The summed E-state index contributed by atoms with van der Waals surface area (Å²) in [5.41, 5.74) is 2.62. The van der Waals surface area contributed by atoms with Gasteiger partial charge in [-0.3, -0.25) is 4.79 Å². The average molecular weight is 404 g/mol. The van der Waals surface area contributed by atoms with Gasteiger partial charge < -0.3 is 15.1 Å². The predicted octanol–water partition coefficient (Wildman–Crippen LogP) is 5.51. The van der Waals surface area contributed by atoms with Gasteiger partial charge in [0, 0.05) is 22.1 Å². The lowest BCUT2D eigenvalue weighted by Gasteiger charge is -2.18. The fourth-order valence-corrected chi connectivity index (χ4v) is 3.18. The van der Waals surface area contributed by atoms with Crippen LogP contribution in [0.3, 0.4) is 0 Å². The van der Waals surface area contributed by atoms with Gasteiger partial charge in [-0.2, -0.15) is 0 Å². The Bertz CT molecular complexity index is 1240. The molecule has 4 aromatic rings. The summed E-state index contributed by atoms with van der Waals surface area (Å²) in [5.74, 6) is 0.390. The van der Waals surface area contributed by atoms with Gasteiger partial charge >= 0.3 is 0 Å². The minimum atomic E-state index is -0.519. The molecule has 0 aliphatic carbocycles. The van der Waals surface area contributed by atoms with Gasteiger partial charge in [-0.1, -0.05) is 57.2 Å². The first kappa shape index (κ1) is 19.1. The number of amides is 1. The van der Waals surface area contributed by atoms with Crippen LogP contribution >= 0.6 is 12.2 Å². The molecule has 2 N–H and O–H groups in total. The highest BCUT2D eigenvalue weighted by Gasteiger charge is 2.22. The third kappa shape index (κ3) is 3.98. The minimum absolute atomic E-state index is 0.142. The lowest BCUT2D eigenvalue weighted by Crippen LogP contribution is -2.41. The maximum absolute atomic E-state index is 12.1. The second kappa shape index (κ2) is 7.29. The van der Waals surface area contributed by atoms with Crippen LogP contribution in [-0.4, -0.2) is 16.0 Å². The number of thiocarbonyl (C=S) groups is 1. The van der Waals surface area contributed by atoms with Gasteiger partial charge in [-0.15, -0.1) is 0 Å². The Labute approximate surface area is 174 Å². The third-order valence-electron chi connectivity index (χ3n) is 4.56. The van der Waals surface area contributed by atoms with Crippen molar-refractivity contribution < 1.29 is 9.21 Å². The van der Waals surface area contributed by atoms with Gasteiger partial charge in [0.15, 0.2) is 10.7 Å². The van der Waals surface area contributed by atoms with Crippen LogP contribution in [0.15, 0.2) is 65.1 Å². The summed E-state index contributed by atoms with van der Waals surface area (Å²) in [6.07, 6.45) is 0. The molecule has 3 aromatic carbocycles. The van der Waals surface area contributed by atoms with Crippen LogP contribution in [0, 0.1) is 5.41 Å². The van der Waals surface area contributed by atoms with Crippen LogP contribution < -0.4 is 10.6 Å². The zero-order chi connectivity index (χ0) is 20.6. The molecule has 5 nitrogen and oxygen atoms in total. The molecule has 0 saturated carbocycles. The average Bonchev–Trinajstić information content (AvgIpc) is 3.12. The molecule has 0 atom stereocenters. The number of nitrogens with one attached hydrogen (secondary N) is 2. The molecule has 0 spiro atoms. The van der Waals surface area contributed by atoms with Crippen molar-refractivity contribution in [2.45, 2.75) is 20.8 Å². The SMILES string of the molecule is CC(C)(C)C(=O)NC(=S)Nc1cccc(-c2nc3c(ccc4ccccc43)o2)c1. The first-order chi connectivity index (χ1) is 13.8. The van der Waals surface area contributed by atoms with Crippen molar-refractivity contribution in [3.63, 3.8) is 0 Å². The number of fused-ring (bicyclic) bond motifs is 3. The Morgan fingerprint density at radius 3 is 2.62 bits per heavy atom. The van der Waals surface area contributed by atoms with Crippen molar-refractivity contribution in [1.29, 1.82) is 0 Å². The fraction of sp³-hybridized carbons (Fsp3) is 0.174. The topological polar surface area (TPSA) is 67.2 Å². The zero-order valence-corrected chi connectivity index (χ0v) is 17.3. The highest BCUT2D eigenvalue weighted by Crippen LogP contribution is 2.30. The third-order valence-corrected chi connectivity index (χ3v) is 4.76. The standard InChI is InChI=1S/C23H21N3O2S/c1-23(2,3)21(27)26-22(29)24-16-9-6-8-15(13-16)20-25-19-17-10-5-4-7-14(17)11-12-18(19)28-20/h4-13H,1-3H3,(H2,24,26,27,29). The van der Waals surface area contributed by atoms with E-state index < -0.39 is 5.41 Å². The van der Waals surface area contributed by atoms with E-state index in [-0.39, 0.29) is 11.0 Å². The smallest absolute Gasteiger partial charge is 0.231 e. The van der Waals surface area contributed by atoms with Crippen molar-refractivity contribution in [3.8, 4) is 11.5 Å². The second-order valence-electron chi connectivity index (χ2n) is 7.89. The molecule has 1 aromatic heterocycles. The number of rotatable bonds is 2. The van der Waals surface area contributed by atoms with Crippen molar-refractivity contribution in [2.24, 2.45) is 5.41 Å². The number of nitrogens with zero attached hydrogens (tertiary/aromatic N) is 1. The van der Waals surface area contributed by atoms with Gasteiger partial charge in [0.2, 0.25) is 11.8 Å². The van der Waals surface area contributed by atoms with E-state index in [1.54, 1.807) is 0 Å². The van der Waals surface area contributed by atoms with E-state index in [0.717, 1.165) is 33.1 Å². The summed E-state index contributed by atoms with van der Waals surface area (Å²) in [6.45, 7) is 5.51. The van der Waals surface area contributed by atoms with Crippen molar-refractivity contribution in [2.75, 3.05) is 5.32 Å². The molecule has 0 aliphatic heterocycles. The van der Waals surface area contributed by atoms with E-state index in [1.807, 2.05) is 75.4 Å². The molecule has 29 heavy (non-hydrogen) atoms. The number of hydrogen-bond donors (Lipinski definition) is 2. The largest absolute Gasteiger partial charge is 0.436 e. The molecule has 0 unspecified atom stereocenters. The van der Waals surface area contributed by atoms with E-state index in [1.165, 1.54) is 0 Å². The predicted molar refractivity (Wildman–Crippen MR) is 121 cm³/mol. The fourth-order valence-electron chi connectivity index (χ4n) is 2.97. The molecule has 1 heterocycles. The second-order valence-corrected chi connectivity index (χ2v) is 8.30. The van der Waals surface area contributed by atoms with Crippen LogP contribution in [0.1, 0.15) is 20.8 Å². The normalized spacial score (nSPS) is 11.6. The van der Waals surface area contributed by atoms with E-state index in [2.05, 4.69) is 16.7 Å². The molecule has 6 heteroatoms. The molecule has 0 radical (unpaired) electrons. The zero-order valence-electron chi connectivity index (χ0n) is 16.4. The summed E-state index contributed by atoms with van der Waals surface area (Å²) >= 11 is 5.26. The molecule has 0 aliphatic rings. The summed E-state index contributed by atoms with van der Waals surface area (Å²) in [4.78, 5) is 16.8. The first-order valence-electron chi connectivity index (χ1n) is 9.32. The maximum atomic E-state index is 12.1. The number of anilines is 1. The summed E-state index contributed by atoms with van der Waals surface area (Å²) in [6, 6.07) is 19.6. The number of carbonyl (C=O) groups excluding carboxylic acids is 1. The van der Waals surface area contributed by atoms with E-state index in [0.29, 0.717) is 5.89 Å². The lowest BCUT2D eigenvalue weighted by atomic mass is 9.96. The number of carbonyl (C=O) groups is 1. The molecular formula is C23H21N3O2S. The highest BCUT2D eigenvalue weighted by molar-refractivity contribution is 7.80. The van der Waals surface area contributed by atoms with Crippen molar-refractivity contribution in [1.82, 2.24) is 10.3 Å². The van der Waals surface area contributed by atoms with Crippen LogP contribution in [-0.2, 0) is 4.79 Å². The molecule has 1 amide bonds. The minimum Gasteiger partial charge on any atom is -0.436 e. The van der Waals surface area contributed by atoms with Crippen LogP contribution in [0.2, 0.25) is 0 Å². The highest BCUT2D eigenvalue weighted by atomic mass is 32.1. The van der Waals surface area contributed by atoms with Crippen molar-refractivity contribution >= 4 is 50.8 Å². The Kier molecular flexibility index (Phi) is 4.80. The number of aromatic nitrogens is 1. The van der Waals surface area contributed by atoms with Crippen LogP contribution in [0.5, 0.6) is 0 Å². The van der Waals surface area contributed by atoms with E-state index in [9.17, 15) is 4.79 Å². The summed E-state index contributed by atoms with van der Waals surface area (Å²) in [7, 11) is 0. The number of benzene rings is 3. The van der Waals surface area contributed by atoms with Gasteiger partial charge in [0.05, 0.1) is 0 Å². The molecule has 0 fully saturated rings. The van der Waals surface area contributed by atoms with Crippen LogP contribution in [0.4, 0.5) is 5.69 Å². The van der Waals surface area contributed by atoms with E-state index in [4.69, 9.17) is 21.6 Å². The molecular weight excluding hydrogens is 382 g/mol. The summed E-state index contributed by atoms with van der Waals surface area (Å²) in [5, 5.41) is 8.19. The monoisotopic (exact) mass is 403 g/mol. The quantitative estimate of drug-likeness (QED) is 0.432. The van der Waals surface area contributed by atoms with Crippen LogP contribution in [0.25, 0.3) is 33.3 Å². The Balaban J connectivity index is 1.61. The molecule has 146 valence electrons. The Hall–Kier alpha value is -3.25. The van der Waals surface area contributed by atoms with Gasteiger partial charge in [-0.25, -0.2) is 4.98 Å². The van der Waals surface area contributed by atoms with Gasteiger partial charge in [0.25, 0.3) is 0 Å². The maximum Gasteiger partial charge on any atom is 0.231 e. The Morgan fingerprint density at radius 1 is 1.03 bits per heavy atom. The Morgan fingerprint density at radius 2 is 1.83 bits per heavy atom. The number of oxazole rings is 1. The number of hydrogen-bond acceptors (Lipinski definition) is 4. The summed E-state index contributed by atoms with van der Waals surface area (Å²) < 4.78 is 5.99. The van der Waals surface area contributed by atoms with Gasteiger partial charge in [-0.05, 0) is 41.9 Å². The van der Waals surface area contributed by atoms with Crippen molar-refractivity contribution in [3.05, 3.63) is 60.7 Å². The lowest BCUT2D eigenvalue weighted by molar-refractivity contribution is -0.126.